The van der Waals surface area contributed by atoms with Crippen LogP contribution in [0.4, 0.5) is 4.39 Å². The lowest BCUT2D eigenvalue weighted by molar-refractivity contribution is -0.231. The first-order chi connectivity index (χ1) is 17.9. The molecule has 2 aromatic heterocycles. The van der Waals surface area contributed by atoms with E-state index in [1.165, 1.54) is 12.1 Å². The van der Waals surface area contributed by atoms with Crippen LogP contribution in [0.3, 0.4) is 0 Å². The highest BCUT2D eigenvalue weighted by atomic mass is 19.1. The summed E-state index contributed by atoms with van der Waals surface area (Å²) in [5.74, 6) is 0.571. The maximum Gasteiger partial charge on any atom is 0.317 e. The van der Waals surface area contributed by atoms with Gasteiger partial charge in [0.25, 0.3) is 0 Å². The van der Waals surface area contributed by atoms with E-state index in [2.05, 4.69) is 20.3 Å². The Kier molecular flexibility index (Phi) is 7.45. The quantitative estimate of drug-likeness (QED) is 0.398. The monoisotopic (exact) mass is 511 g/mol. The second kappa shape index (κ2) is 10.9. The molecule has 2 aliphatic rings. The second-order valence-corrected chi connectivity index (χ2v) is 9.59. The number of nitrogens with zero attached hydrogens (tertiary/aromatic N) is 3. The number of ether oxygens (including phenoxy) is 4. The Morgan fingerprint density at radius 1 is 1.16 bits per heavy atom. The zero-order chi connectivity index (χ0) is 25.8. The Balaban J connectivity index is 1.38. The standard InChI is InChI=1S/C26H30FN5O5/c1-26(24(33)29-13-16-3-4-16)14-36-23(37-15-26)22-31-20(17-5-7-18(27)8-6-17)21(32-22)19-9-10-28-25(30-19)35-12-11-34-2/h5-10,16,23H,3-4,11-15H2,1-2H3,(H,29,33)(H,31,32). The summed E-state index contributed by atoms with van der Waals surface area (Å²) in [6.45, 7) is 3.58. The van der Waals surface area contributed by atoms with Gasteiger partial charge in [-0.05, 0) is 56.0 Å². The molecule has 5 rings (SSSR count). The number of benzene rings is 1. The van der Waals surface area contributed by atoms with Crippen LogP contribution in [0, 0.1) is 17.2 Å². The van der Waals surface area contributed by atoms with Gasteiger partial charge in [-0.3, -0.25) is 4.79 Å². The number of H-pyrrole nitrogens is 1. The molecule has 1 aliphatic heterocycles. The first kappa shape index (κ1) is 25.2. The topological polar surface area (TPSA) is 120 Å². The van der Waals surface area contributed by atoms with Gasteiger partial charge in [-0.1, -0.05) is 0 Å². The van der Waals surface area contributed by atoms with Gasteiger partial charge in [0.1, 0.15) is 12.4 Å². The third-order valence-electron chi connectivity index (χ3n) is 6.37. The molecule has 2 N–H and O–H groups in total. The van der Waals surface area contributed by atoms with E-state index >= 15 is 0 Å². The number of hydrogen-bond donors (Lipinski definition) is 2. The van der Waals surface area contributed by atoms with Crippen LogP contribution in [-0.2, 0) is 19.0 Å². The average Bonchev–Trinajstić information content (AvgIpc) is 3.64. The minimum Gasteiger partial charge on any atom is -0.461 e. The molecule has 1 amide bonds. The highest BCUT2D eigenvalue weighted by Crippen LogP contribution is 2.36. The summed E-state index contributed by atoms with van der Waals surface area (Å²) in [6.07, 6.45) is 3.10. The van der Waals surface area contributed by atoms with E-state index in [0.29, 0.717) is 54.1 Å². The SMILES string of the molecule is COCCOc1nccc(-c2[nH]c(C3OCC(C)(C(=O)NCC4CC4)CO3)nc2-c2ccc(F)cc2)n1. The fourth-order valence-electron chi connectivity index (χ4n) is 3.94. The van der Waals surface area contributed by atoms with E-state index in [-0.39, 0.29) is 30.9 Å². The Morgan fingerprint density at radius 2 is 1.92 bits per heavy atom. The lowest BCUT2D eigenvalue weighted by Crippen LogP contribution is -2.49. The molecule has 1 saturated carbocycles. The Hall–Kier alpha value is -3.41. The first-order valence-corrected chi connectivity index (χ1v) is 12.3. The van der Waals surface area contributed by atoms with Crippen molar-refractivity contribution >= 4 is 5.91 Å². The van der Waals surface area contributed by atoms with Crippen molar-refractivity contribution in [2.75, 3.05) is 40.1 Å². The van der Waals surface area contributed by atoms with E-state index < -0.39 is 11.7 Å². The van der Waals surface area contributed by atoms with Crippen LogP contribution in [-0.4, -0.2) is 65.9 Å². The fourth-order valence-corrected chi connectivity index (χ4v) is 3.94. The van der Waals surface area contributed by atoms with Gasteiger partial charge in [0.2, 0.25) is 12.2 Å². The molecule has 196 valence electrons. The molecule has 0 bridgehead atoms. The molecule has 0 radical (unpaired) electrons. The zero-order valence-electron chi connectivity index (χ0n) is 20.8. The van der Waals surface area contributed by atoms with Crippen molar-refractivity contribution in [1.29, 1.82) is 0 Å². The summed E-state index contributed by atoms with van der Waals surface area (Å²) in [6, 6.07) is 7.92. The minimum absolute atomic E-state index is 0.0769. The summed E-state index contributed by atoms with van der Waals surface area (Å²) in [4.78, 5) is 29.3. The molecule has 37 heavy (non-hydrogen) atoms. The Morgan fingerprint density at radius 3 is 2.62 bits per heavy atom. The van der Waals surface area contributed by atoms with Crippen LogP contribution in [0.5, 0.6) is 6.01 Å². The van der Waals surface area contributed by atoms with Gasteiger partial charge in [0.05, 0.1) is 42.3 Å². The number of aromatic nitrogens is 4. The number of imidazole rings is 1. The van der Waals surface area contributed by atoms with Crippen molar-refractivity contribution in [2.24, 2.45) is 11.3 Å². The smallest absolute Gasteiger partial charge is 0.317 e. The number of carbonyl (C=O) groups excluding carboxylic acids is 1. The summed E-state index contributed by atoms with van der Waals surface area (Å²) < 4.78 is 36.1. The number of amides is 1. The van der Waals surface area contributed by atoms with Crippen LogP contribution in [0.25, 0.3) is 22.6 Å². The maximum absolute atomic E-state index is 13.6. The van der Waals surface area contributed by atoms with Gasteiger partial charge in [0.15, 0.2) is 5.82 Å². The third-order valence-corrected chi connectivity index (χ3v) is 6.37. The molecule has 1 saturated heterocycles. The molecule has 11 heteroatoms. The van der Waals surface area contributed by atoms with E-state index in [1.54, 1.807) is 31.5 Å². The fraction of sp³-hybridized carbons (Fsp3) is 0.462. The van der Waals surface area contributed by atoms with Crippen molar-refractivity contribution in [2.45, 2.75) is 26.1 Å². The average molecular weight is 512 g/mol. The van der Waals surface area contributed by atoms with Crippen LogP contribution < -0.4 is 10.1 Å². The molecule has 10 nitrogen and oxygen atoms in total. The number of rotatable bonds is 10. The molecule has 3 aromatic rings. The number of methoxy groups -OCH3 is 1. The molecule has 0 unspecified atom stereocenters. The second-order valence-electron chi connectivity index (χ2n) is 9.59. The molecular weight excluding hydrogens is 481 g/mol. The van der Waals surface area contributed by atoms with Gasteiger partial charge in [0, 0.05) is 25.4 Å². The summed E-state index contributed by atoms with van der Waals surface area (Å²) >= 11 is 0. The van der Waals surface area contributed by atoms with Gasteiger partial charge in [-0.2, -0.15) is 4.98 Å². The van der Waals surface area contributed by atoms with Gasteiger partial charge < -0.3 is 29.2 Å². The summed E-state index contributed by atoms with van der Waals surface area (Å²) in [5.41, 5.74) is 1.53. The largest absolute Gasteiger partial charge is 0.461 e. The van der Waals surface area contributed by atoms with Gasteiger partial charge in [-0.25, -0.2) is 14.4 Å². The highest BCUT2D eigenvalue weighted by Gasteiger charge is 2.41. The van der Waals surface area contributed by atoms with Crippen molar-refractivity contribution in [3.8, 4) is 28.7 Å². The molecule has 1 aliphatic carbocycles. The molecule has 1 aromatic carbocycles. The molecule has 2 fully saturated rings. The van der Waals surface area contributed by atoms with Crippen LogP contribution in [0.2, 0.25) is 0 Å². The first-order valence-electron chi connectivity index (χ1n) is 12.3. The summed E-state index contributed by atoms with van der Waals surface area (Å²) in [5, 5.41) is 3.01. The lowest BCUT2D eigenvalue weighted by atomic mass is 9.91. The van der Waals surface area contributed by atoms with Gasteiger partial charge >= 0.3 is 6.01 Å². The highest BCUT2D eigenvalue weighted by molar-refractivity contribution is 5.82. The van der Waals surface area contributed by atoms with E-state index in [1.807, 2.05) is 6.92 Å². The molecular formula is C26H30FN5O5. The van der Waals surface area contributed by atoms with E-state index in [4.69, 9.17) is 23.9 Å². The Labute approximate surface area is 213 Å². The number of halogens is 1. The van der Waals surface area contributed by atoms with Crippen molar-refractivity contribution < 1.29 is 28.1 Å². The van der Waals surface area contributed by atoms with Crippen molar-refractivity contribution in [3.05, 3.63) is 48.2 Å². The normalized spacial score (nSPS) is 21.5. The summed E-state index contributed by atoms with van der Waals surface area (Å²) in [7, 11) is 1.58. The Bertz CT molecular complexity index is 1220. The molecule has 3 heterocycles. The maximum atomic E-state index is 13.6. The predicted octanol–water partition coefficient (Wildman–Crippen LogP) is 3.28. The molecule has 0 atom stereocenters. The van der Waals surface area contributed by atoms with Crippen LogP contribution in [0.1, 0.15) is 31.9 Å². The third kappa shape index (κ3) is 5.95. The van der Waals surface area contributed by atoms with Crippen LogP contribution in [0.15, 0.2) is 36.5 Å². The van der Waals surface area contributed by atoms with Crippen LogP contribution >= 0.6 is 0 Å². The minimum atomic E-state index is -0.809. The van der Waals surface area contributed by atoms with Gasteiger partial charge in [-0.15, -0.1) is 0 Å². The number of hydrogen-bond acceptors (Lipinski definition) is 8. The zero-order valence-corrected chi connectivity index (χ0v) is 20.8. The number of aromatic amines is 1. The van der Waals surface area contributed by atoms with Crippen molar-refractivity contribution in [3.63, 3.8) is 0 Å². The van der Waals surface area contributed by atoms with E-state index in [9.17, 15) is 9.18 Å². The predicted molar refractivity (Wildman–Crippen MR) is 131 cm³/mol. The number of carbonyl (C=O) groups is 1. The van der Waals surface area contributed by atoms with E-state index in [0.717, 1.165) is 12.8 Å². The van der Waals surface area contributed by atoms with Crippen molar-refractivity contribution in [1.82, 2.24) is 25.3 Å². The lowest BCUT2D eigenvalue weighted by Gasteiger charge is -2.35. The number of nitrogens with one attached hydrogen (secondary N) is 2. The molecule has 0 spiro atoms.